The summed E-state index contributed by atoms with van der Waals surface area (Å²) in [7, 11) is 0. The summed E-state index contributed by atoms with van der Waals surface area (Å²) in [5, 5.41) is 11.0. The van der Waals surface area contributed by atoms with Crippen LogP contribution in [0, 0.1) is 0 Å². The number of carbonyl (C=O) groups is 2. The van der Waals surface area contributed by atoms with Crippen LogP contribution in [0.5, 0.6) is 0 Å². The molecule has 6 nitrogen and oxygen atoms in total. The standard InChI is InChI=1S/C17H19ClN2O4/c1-17(2,3)24-16(23)20-8-13-11(7-14(20)15(21)22)10-6-9(18)4-5-12(10)19-13/h4-6,14,19H,7-8H2,1-3H3,(H,21,22). The maximum Gasteiger partial charge on any atom is 0.411 e. The second-order valence-corrected chi connectivity index (χ2v) is 7.37. The summed E-state index contributed by atoms with van der Waals surface area (Å²) in [5.41, 5.74) is 1.89. The van der Waals surface area contributed by atoms with Crippen molar-refractivity contribution in [3.63, 3.8) is 0 Å². The van der Waals surface area contributed by atoms with E-state index >= 15 is 0 Å². The van der Waals surface area contributed by atoms with Gasteiger partial charge in [-0.2, -0.15) is 0 Å². The molecule has 1 aromatic heterocycles. The number of aromatic nitrogens is 1. The summed E-state index contributed by atoms with van der Waals surface area (Å²) >= 11 is 6.05. The number of benzene rings is 1. The minimum Gasteiger partial charge on any atom is -0.480 e. The first kappa shape index (κ1) is 16.6. The molecule has 0 saturated carbocycles. The molecule has 0 bridgehead atoms. The van der Waals surface area contributed by atoms with Crippen LogP contribution in [-0.2, 0) is 22.5 Å². The molecule has 3 rings (SSSR count). The molecule has 24 heavy (non-hydrogen) atoms. The Balaban J connectivity index is 2.00. The van der Waals surface area contributed by atoms with Crippen molar-refractivity contribution in [3.8, 4) is 0 Å². The number of rotatable bonds is 1. The van der Waals surface area contributed by atoms with Crippen LogP contribution in [0.2, 0.25) is 5.02 Å². The molecule has 1 unspecified atom stereocenters. The summed E-state index contributed by atoms with van der Waals surface area (Å²) < 4.78 is 5.35. The van der Waals surface area contributed by atoms with Gasteiger partial charge in [0.15, 0.2) is 0 Å². The molecule has 1 aliphatic heterocycles. The molecule has 0 radical (unpaired) electrons. The zero-order valence-corrected chi connectivity index (χ0v) is 14.5. The second kappa shape index (κ2) is 5.70. The van der Waals surface area contributed by atoms with E-state index in [4.69, 9.17) is 16.3 Å². The van der Waals surface area contributed by atoms with Gasteiger partial charge in [0, 0.05) is 28.0 Å². The molecule has 1 atom stereocenters. The van der Waals surface area contributed by atoms with Crippen LogP contribution in [0.1, 0.15) is 32.0 Å². The molecule has 1 aromatic carbocycles. The third-order valence-corrected chi connectivity index (χ3v) is 4.21. The van der Waals surface area contributed by atoms with Gasteiger partial charge in [-0.05, 0) is 44.5 Å². The van der Waals surface area contributed by atoms with Gasteiger partial charge in [0.25, 0.3) is 0 Å². The van der Waals surface area contributed by atoms with Crippen LogP contribution in [0.25, 0.3) is 10.9 Å². The van der Waals surface area contributed by atoms with Crippen LogP contribution >= 0.6 is 11.6 Å². The number of H-pyrrole nitrogens is 1. The largest absolute Gasteiger partial charge is 0.480 e. The van der Waals surface area contributed by atoms with Gasteiger partial charge in [0.1, 0.15) is 11.6 Å². The number of carboxylic acid groups (broad SMARTS) is 1. The molecule has 0 fully saturated rings. The van der Waals surface area contributed by atoms with Crippen molar-refractivity contribution in [2.24, 2.45) is 0 Å². The van der Waals surface area contributed by atoms with Gasteiger partial charge in [-0.15, -0.1) is 0 Å². The Morgan fingerprint density at radius 1 is 1.38 bits per heavy atom. The van der Waals surface area contributed by atoms with Crippen molar-refractivity contribution in [2.75, 3.05) is 0 Å². The molecule has 128 valence electrons. The van der Waals surface area contributed by atoms with Gasteiger partial charge in [0.2, 0.25) is 0 Å². The van der Waals surface area contributed by atoms with Gasteiger partial charge in [-0.1, -0.05) is 11.6 Å². The lowest BCUT2D eigenvalue weighted by atomic mass is 9.97. The number of hydrogen-bond donors (Lipinski definition) is 2. The second-order valence-electron chi connectivity index (χ2n) is 6.94. The predicted molar refractivity (Wildman–Crippen MR) is 90.2 cm³/mol. The number of fused-ring (bicyclic) bond motifs is 3. The maximum absolute atomic E-state index is 12.4. The van der Waals surface area contributed by atoms with Crippen LogP contribution in [0.3, 0.4) is 0 Å². The van der Waals surface area contributed by atoms with Gasteiger partial charge < -0.3 is 14.8 Å². The lowest BCUT2D eigenvalue weighted by molar-refractivity contribution is -0.143. The Morgan fingerprint density at radius 2 is 2.08 bits per heavy atom. The molecule has 0 saturated heterocycles. The number of carboxylic acids is 1. The van der Waals surface area contributed by atoms with Crippen molar-refractivity contribution in [2.45, 2.75) is 45.4 Å². The minimum absolute atomic E-state index is 0.160. The highest BCUT2D eigenvalue weighted by Gasteiger charge is 2.38. The van der Waals surface area contributed by atoms with Crippen molar-refractivity contribution in [3.05, 3.63) is 34.5 Å². The topological polar surface area (TPSA) is 82.6 Å². The average molecular weight is 351 g/mol. The molecule has 0 spiro atoms. The van der Waals surface area contributed by atoms with Crippen LogP contribution < -0.4 is 0 Å². The monoisotopic (exact) mass is 350 g/mol. The Kier molecular flexibility index (Phi) is 3.95. The smallest absolute Gasteiger partial charge is 0.411 e. The minimum atomic E-state index is -1.05. The predicted octanol–water partition coefficient (Wildman–Crippen LogP) is 3.57. The number of amides is 1. The zero-order chi connectivity index (χ0) is 17.6. The zero-order valence-electron chi connectivity index (χ0n) is 13.7. The van der Waals surface area contributed by atoms with E-state index in [0.717, 1.165) is 22.2 Å². The molecule has 2 N–H and O–H groups in total. The van der Waals surface area contributed by atoms with E-state index in [2.05, 4.69) is 4.98 Å². The van der Waals surface area contributed by atoms with E-state index < -0.39 is 23.7 Å². The van der Waals surface area contributed by atoms with E-state index in [1.54, 1.807) is 26.8 Å². The molecular formula is C17H19ClN2O4. The molecule has 1 aliphatic rings. The molecule has 1 amide bonds. The average Bonchev–Trinajstić information content (AvgIpc) is 2.81. The highest BCUT2D eigenvalue weighted by molar-refractivity contribution is 6.31. The first-order chi connectivity index (χ1) is 11.2. The summed E-state index contributed by atoms with van der Waals surface area (Å²) in [4.78, 5) is 28.6. The Labute approximate surface area is 144 Å². The fourth-order valence-electron chi connectivity index (χ4n) is 2.96. The lowest BCUT2D eigenvalue weighted by Gasteiger charge is -2.34. The van der Waals surface area contributed by atoms with Crippen LogP contribution in [0.15, 0.2) is 18.2 Å². The third-order valence-electron chi connectivity index (χ3n) is 3.97. The number of nitrogens with one attached hydrogen (secondary N) is 1. The van der Waals surface area contributed by atoms with E-state index in [9.17, 15) is 14.7 Å². The fourth-order valence-corrected chi connectivity index (χ4v) is 3.13. The normalized spacial score (nSPS) is 17.7. The van der Waals surface area contributed by atoms with Gasteiger partial charge in [0.05, 0.1) is 6.54 Å². The van der Waals surface area contributed by atoms with Crippen LogP contribution in [-0.4, -0.2) is 38.7 Å². The first-order valence-electron chi connectivity index (χ1n) is 7.67. The number of aliphatic carboxylic acids is 1. The molecule has 0 aliphatic carbocycles. The summed E-state index contributed by atoms with van der Waals surface area (Å²) in [6.45, 7) is 5.41. The first-order valence-corrected chi connectivity index (χ1v) is 8.05. The molecular weight excluding hydrogens is 332 g/mol. The van der Waals surface area contributed by atoms with Crippen molar-refractivity contribution >= 4 is 34.6 Å². The highest BCUT2D eigenvalue weighted by Crippen LogP contribution is 2.32. The molecule has 2 aromatic rings. The van der Waals surface area contributed by atoms with E-state index in [1.165, 1.54) is 4.90 Å². The van der Waals surface area contributed by atoms with E-state index in [0.29, 0.717) is 5.02 Å². The van der Waals surface area contributed by atoms with Gasteiger partial charge >= 0.3 is 12.1 Å². The Morgan fingerprint density at radius 3 is 2.71 bits per heavy atom. The molecule has 7 heteroatoms. The van der Waals surface area contributed by atoms with Gasteiger partial charge in [-0.25, -0.2) is 9.59 Å². The van der Waals surface area contributed by atoms with Crippen molar-refractivity contribution < 1.29 is 19.4 Å². The number of nitrogens with zero attached hydrogens (tertiary/aromatic N) is 1. The van der Waals surface area contributed by atoms with Crippen molar-refractivity contribution in [1.29, 1.82) is 0 Å². The van der Waals surface area contributed by atoms with Gasteiger partial charge in [-0.3, -0.25) is 4.90 Å². The molecule has 2 heterocycles. The summed E-state index contributed by atoms with van der Waals surface area (Å²) in [6.07, 6.45) is -0.415. The summed E-state index contributed by atoms with van der Waals surface area (Å²) in [5.74, 6) is -1.05. The van der Waals surface area contributed by atoms with E-state index in [-0.39, 0.29) is 13.0 Å². The lowest BCUT2D eigenvalue weighted by Crippen LogP contribution is -2.50. The summed E-state index contributed by atoms with van der Waals surface area (Å²) in [6, 6.07) is 4.47. The third kappa shape index (κ3) is 3.06. The Hall–Kier alpha value is -2.21. The highest BCUT2D eigenvalue weighted by atomic mass is 35.5. The number of halogens is 1. The maximum atomic E-state index is 12.4. The number of aromatic amines is 1. The van der Waals surface area contributed by atoms with Crippen molar-refractivity contribution in [1.82, 2.24) is 9.88 Å². The van der Waals surface area contributed by atoms with E-state index in [1.807, 2.05) is 12.1 Å². The quantitative estimate of drug-likeness (QED) is 0.823. The number of hydrogen-bond acceptors (Lipinski definition) is 3. The SMILES string of the molecule is CC(C)(C)OC(=O)N1Cc2[nH]c3ccc(Cl)cc3c2CC1C(=O)O. The number of ether oxygens (including phenoxy) is 1. The van der Waals surface area contributed by atoms with Crippen LogP contribution in [0.4, 0.5) is 4.79 Å². The Bertz CT molecular complexity index is 822. The fraction of sp³-hybridized carbons (Fsp3) is 0.412. The number of carbonyl (C=O) groups excluding carboxylic acids is 1.